The van der Waals surface area contributed by atoms with Gasteiger partial charge in [-0.1, -0.05) is 6.92 Å². The number of furan rings is 1. The number of thioether (sulfide) groups is 1. The topological polar surface area (TPSA) is 63.0 Å². The van der Waals surface area contributed by atoms with E-state index in [4.69, 9.17) is 15.4 Å². The number of nitriles is 1. The minimum Gasteiger partial charge on any atom is -0.465 e. The van der Waals surface area contributed by atoms with Crippen molar-refractivity contribution >= 4 is 11.8 Å². The summed E-state index contributed by atoms with van der Waals surface area (Å²) in [5, 5.41) is 8.46. The molecule has 1 atom stereocenters. The van der Waals surface area contributed by atoms with Crippen LogP contribution in [-0.4, -0.2) is 11.8 Å². The summed E-state index contributed by atoms with van der Waals surface area (Å²) in [6, 6.07) is 5.58. The van der Waals surface area contributed by atoms with Gasteiger partial charge < -0.3 is 10.2 Å². The maximum atomic E-state index is 8.46. The van der Waals surface area contributed by atoms with E-state index in [0.717, 1.165) is 23.7 Å². The Morgan fingerprint density at radius 3 is 2.86 bits per heavy atom. The zero-order chi connectivity index (χ0) is 10.4. The van der Waals surface area contributed by atoms with E-state index in [0.29, 0.717) is 5.75 Å². The standard InChI is InChI=1S/C10H14N2OS/c1-2-9-3-4-10(13-9)7-14-6-8(12)5-11/h3-4,8H,2,6-7,12H2,1H3. The van der Waals surface area contributed by atoms with Crippen molar-refractivity contribution in [2.75, 3.05) is 5.75 Å². The van der Waals surface area contributed by atoms with Crippen molar-refractivity contribution < 1.29 is 4.42 Å². The maximum absolute atomic E-state index is 8.46. The molecular formula is C10H14N2OS. The van der Waals surface area contributed by atoms with Crippen LogP contribution in [0.4, 0.5) is 0 Å². The Morgan fingerprint density at radius 2 is 2.29 bits per heavy atom. The molecule has 0 aliphatic rings. The van der Waals surface area contributed by atoms with Crippen LogP contribution in [-0.2, 0) is 12.2 Å². The Balaban J connectivity index is 2.28. The molecule has 4 heteroatoms. The van der Waals surface area contributed by atoms with Gasteiger partial charge in [-0.25, -0.2) is 0 Å². The Morgan fingerprint density at radius 1 is 1.57 bits per heavy atom. The van der Waals surface area contributed by atoms with E-state index < -0.39 is 0 Å². The lowest BCUT2D eigenvalue weighted by molar-refractivity contribution is 0.485. The molecule has 0 spiro atoms. The highest BCUT2D eigenvalue weighted by molar-refractivity contribution is 7.98. The number of hydrogen-bond acceptors (Lipinski definition) is 4. The molecule has 14 heavy (non-hydrogen) atoms. The van der Waals surface area contributed by atoms with Crippen molar-refractivity contribution in [1.82, 2.24) is 0 Å². The molecule has 0 bridgehead atoms. The van der Waals surface area contributed by atoms with E-state index in [2.05, 4.69) is 6.92 Å². The minimum atomic E-state index is -0.374. The van der Waals surface area contributed by atoms with Gasteiger partial charge in [-0.15, -0.1) is 0 Å². The van der Waals surface area contributed by atoms with Gasteiger partial charge in [-0.2, -0.15) is 17.0 Å². The van der Waals surface area contributed by atoms with Crippen LogP contribution in [0.1, 0.15) is 18.4 Å². The molecule has 1 aromatic rings. The van der Waals surface area contributed by atoms with Crippen LogP contribution in [0.25, 0.3) is 0 Å². The van der Waals surface area contributed by atoms with Crippen LogP contribution in [0.2, 0.25) is 0 Å². The number of nitrogens with two attached hydrogens (primary N) is 1. The van der Waals surface area contributed by atoms with E-state index in [1.807, 2.05) is 18.2 Å². The molecule has 0 aliphatic heterocycles. The van der Waals surface area contributed by atoms with Crippen molar-refractivity contribution in [2.45, 2.75) is 25.1 Å². The van der Waals surface area contributed by atoms with Crippen LogP contribution in [0.3, 0.4) is 0 Å². The first-order chi connectivity index (χ1) is 6.76. The molecule has 1 unspecified atom stereocenters. The van der Waals surface area contributed by atoms with E-state index in [1.165, 1.54) is 0 Å². The normalized spacial score (nSPS) is 12.4. The second-order valence-corrected chi connectivity index (χ2v) is 4.00. The summed E-state index contributed by atoms with van der Waals surface area (Å²) >= 11 is 1.62. The molecule has 0 saturated carbocycles. The van der Waals surface area contributed by atoms with Gasteiger partial charge >= 0.3 is 0 Å². The van der Waals surface area contributed by atoms with Crippen molar-refractivity contribution in [3.8, 4) is 6.07 Å². The summed E-state index contributed by atoms with van der Waals surface area (Å²) in [6.07, 6.45) is 0.919. The first-order valence-electron chi connectivity index (χ1n) is 4.56. The average Bonchev–Trinajstić information content (AvgIpc) is 2.65. The van der Waals surface area contributed by atoms with Crippen molar-refractivity contribution in [2.24, 2.45) is 5.73 Å². The molecular weight excluding hydrogens is 196 g/mol. The SMILES string of the molecule is CCc1ccc(CSCC(N)C#N)o1. The third-order valence-electron chi connectivity index (χ3n) is 1.77. The smallest absolute Gasteiger partial charge is 0.114 e. The van der Waals surface area contributed by atoms with Gasteiger partial charge in [0.15, 0.2) is 0 Å². The van der Waals surface area contributed by atoms with Crippen LogP contribution < -0.4 is 5.73 Å². The predicted octanol–water partition coefficient (Wildman–Crippen LogP) is 1.93. The largest absolute Gasteiger partial charge is 0.465 e. The lowest BCUT2D eigenvalue weighted by Gasteiger charge is -2.00. The Bertz CT molecular complexity index is 316. The lowest BCUT2D eigenvalue weighted by Crippen LogP contribution is -2.19. The molecule has 2 N–H and O–H groups in total. The van der Waals surface area contributed by atoms with Crippen LogP contribution in [0.15, 0.2) is 16.5 Å². The highest BCUT2D eigenvalue weighted by atomic mass is 32.2. The van der Waals surface area contributed by atoms with E-state index in [-0.39, 0.29) is 6.04 Å². The number of hydrogen-bond donors (Lipinski definition) is 1. The highest BCUT2D eigenvalue weighted by Crippen LogP contribution is 2.15. The van der Waals surface area contributed by atoms with Crippen LogP contribution >= 0.6 is 11.8 Å². The molecule has 0 saturated heterocycles. The summed E-state index contributed by atoms with van der Waals surface area (Å²) < 4.78 is 5.50. The first-order valence-corrected chi connectivity index (χ1v) is 5.72. The first kappa shape index (κ1) is 11.2. The summed E-state index contributed by atoms with van der Waals surface area (Å²) in [5.41, 5.74) is 5.46. The van der Waals surface area contributed by atoms with Crippen molar-refractivity contribution in [3.63, 3.8) is 0 Å². The summed E-state index contributed by atoms with van der Waals surface area (Å²) in [6.45, 7) is 2.06. The molecule has 0 amide bonds. The second-order valence-electron chi connectivity index (χ2n) is 2.97. The monoisotopic (exact) mass is 210 g/mol. The molecule has 3 nitrogen and oxygen atoms in total. The Kier molecular flexibility index (Phi) is 4.57. The average molecular weight is 210 g/mol. The Labute approximate surface area is 88.3 Å². The van der Waals surface area contributed by atoms with Crippen molar-refractivity contribution in [3.05, 3.63) is 23.7 Å². The molecule has 76 valence electrons. The second kappa shape index (κ2) is 5.74. The van der Waals surface area contributed by atoms with Crippen LogP contribution in [0.5, 0.6) is 0 Å². The summed E-state index contributed by atoms with van der Waals surface area (Å²) in [5.74, 6) is 3.40. The van der Waals surface area contributed by atoms with Gasteiger partial charge in [-0.3, -0.25) is 0 Å². The number of nitrogens with zero attached hydrogens (tertiary/aromatic N) is 1. The fraction of sp³-hybridized carbons (Fsp3) is 0.500. The third-order valence-corrected chi connectivity index (χ3v) is 2.86. The van der Waals surface area contributed by atoms with Crippen molar-refractivity contribution in [1.29, 1.82) is 5.26 Å². The molecule has 0 aromatic carbocycles. The van der Waals surface area contributed by atoms with Gasteiger partial charge in [0.25, 0.3) is 0 Å². The van der Waals surface area contributed by atoms with Gasteiger partial charge in [-0.05, 0) is 12.1 Å². The Hall–Kier alpha value is -0.920. The van der Waals surface area contributed by atoms with Gasteiger partial charge in [0, 0.05) is 12.2 Å². The predicted molar refractivity (Wildman–Crippen MR) is 57.8 cm³/mol. The van der Waals surface area contributed by atoms with E-state index >= 15 is 0 Å². The number of aryl methyl sites for hydroxylation is 1. The van der Waals surface area contributed by atoms with Gasteiger partial charge in [0.2, 0.25) is 0 Å². The third kappa shape index (κ3) is 3.44. The van der Waals surface area contributed by atoms with E-state index in [9.17, 15) is 0 Å². The summed E-state index contributed by atoms with van der Waals surface area (Å²) in [4.78, 5) is 0. The minimum absolute atomic E-state index is 0.374. The molecule has 1 rings (SSSR count). The lowest BCUT2D eigenvalue weighted by atomic mass is 10.4. The van der Waals surface area contributed by atoms with E-state index in [1.54, 1.807) is 11.8 Å². The molecule has 0 fully saturated rings. The quantitative estimate of drug-likeness (QED) is 0.806. The molecule has 0 aliphatic carbocycles. The fourth-order valence-corrected chi connectivity index (χ4v) is 1.82. The molecule has 1 aromatic heterocycles. The fourth-order valence-electron chi connectivity index (χ4n) is 1.01. The van der Waals surface area contributed by atoms with Gasteiger partial charge in [0.05, 0.1) is 11.8 Å². The number of rotatable bonds is 5. The zero-order valence-corrected chi connectivity index (χ0v) is 9.01. The van der Waals surface area contributed by atoms with Crippen LogP contribution in [0, 0.1) is 11.3 Å². The van der Waals surface area contributed by atoms with Gasteiger partial charge in [0.1, 0.15) is 17.6 Å². The molecule has 1 heterocycles. The zero-order valence-electron chi connectivity index (χ0n) is 8.19. The highest BCUT2D eigenvalue weighted by Gasteiger charge is 2.03. The summed E-state index contributed by atoms with van der Waals surface area (Å²) in [7, 11) is 0. The maximum Gasteiger partial charge on any atom is 0.114 e. The molecule has 0 radical (unpaired) electrons.